The monoisotopic (exact) mass is 400 g/mol. The molecule has 0 atom stereocenters. The third-order valence-corrected chi connectivity index (χ3v) is 4.36. The van der Waals surface area contributed by atoms with Crippen LogP contribution in [0.25, 0.3) is 11.1 Å². The molecule has 1 aliphatic carbocycles. The Labute approximate surface area is 171 Å². The van der Waals surface area contributed by atoms with Crippen molar-refractivity contribution >= 4 is 6.09 Å². The lowest BCUT2D eigenvalue weighted by Crippen LogP contribution is -2.34. The first-order valence-corrected chi connectivity index (χ1v) is 10.0. The molecule has 1 amide bonds. The molecule has 6 heteroatoms. The summed E-state index contributed by atoms with van der Waals surface area (Å²) in [5, 5.41) is 6.14. The van der Waals surface area contributed by atoms with Gasteiger partial charge in [-0.3, -0.25) is 0 Å². The van der Waals surface area contributed by atoms with E-state index in [9.17, 15) is 9.18 Å². The van der Waals surface area contributed by atoms with Crippen molar-refractivity contribution in [2.45, 2.75) is 51.8 Å². The van der Waals surface area contributed by atoms with Crippen LogP contribution in [0.3, 0.4) is 0 Å². The first kappa shape index (κ1) is 21.1. The number of rotatable bonds is 8. The Kier molecular flexibility index (Phi) is 6.75. The summed E-state index contributed by atoms with van der Waals surface area (Å²) in [5.74, 6) is 0.377. The van der Waals surface area contributed by atoms with Gasteiger partial charge in [-0.25, -0.2) is 9.18 Å². The number of amides is 1. The smallest absolute Gasteiger partial charge is 0.407 e. The number of hydrogen-bond donors (Lipinski definition) is 2. The highest BCUT2D eigenvalue weighted by Crippen LogP contribution is 2.29. The zero-order valence-corrected chi connectivity index (χ0v) is 17.3. The standard InChI is InChI=1S/C23H29FN2O3/c1-23(2,3)29-22(27)25-10-11-28-19-13-16(15-26-18-8-9-18)12-17(14-19)20-6-4-5-7-21(20)24/h4-7,12-14,18,26H,8-11,15H2,1-3H3,(H,25,27). The Morgan fingerprint density at radius 1 is 1.17 bits per heavy atom. The summed E-state index contributed by atoms with van der Waals surface area (Å²) in [7, 11) is 0. The predicted molar refractivity (Wildman–Crippen MR) is 111 cm³/mol. The fraction of sp³-hybridized carbons (Fsp3) is 0.435. The van der Waals surface area contributed by atoms with E-state index in [1.807, 2.05) is 45.0 Å². The number of nitrogens with one attached hydrogen (secondary N) is 2. The topological polar surface area (TPSA) is 59.6 Å². The van der Waals surface area contributed by atoms with E-state index in [0.29, 0.717) is 30.4 Å². The van der Waals surface area contributed by atoms with Crippen molar-refractivity contribution in [1.82, 2.24) is 10.6 Å². The maximum absolute atomic E-state index is 14.3. The lowest BCUT2D eigenvalue weighted by Gasteiger charge is -2.19. The molecule has 0 aromatic heterocycles. The number of hydrogen-bond acceptors (Lipinski definition) is 4. The fourth-order valence-corrected chi connectivity index (χ4v) is 2.88. The summed E-state index contributed by atoms with van der Waals surface area (Å²) < 4.78 is 25.3. The largest absolute Gasteiger partial charge is 0.492 e. The van der Waals surface area contributed by atoms with E-state index in [-0.39, 0.29) is 12.4 Å². The number of carbonyl (C=O) groups excluding carboxylic acids is 1. The molecule has 0 radical (unpaired) electrons. The second-order valence-electron chi connectivity index (χ2n) is 8.28. The Morgan fingerprint density at radius 2 is 1.93 bits per heavy atom. The van der Waals surface area contributed by atoms with Crippen molar-refractivity contribution in [2.75, 3.05) is 13.2 Å². The Morgan fingerprint density at radius 3 is 2.62 bits per heavy atom. The first-order valence-electron chi connectivity index (χ1n) is 10.0. The second-order valence-corrected chi connectivity index (χ2v) is 8.28. The molecule has 0 bridgehead atoms. The van der Waals surface area contributed by atoms with E-state index in [2.05, 4.69) is 10.6 Å². The Balaban J connectivity index is 1.65. The number of carbonyl (C=O) groups is 1. The van der Waals surface area contributed by atoms with Gasteiger partial charge < -0.3 is 20.1 Å². The van der Waals surface area contributed by atoms with Crippen LogP contribution >= 0.6 is 0 Å². The summed E-state index contributed by atoms with van der Waals surface area (Å²) in [6.45, 7) is 6.75. The maximum atomic E-state index is 14.3. The highest BCUT2D eigenvalue weighted by molar-refractivity contribution is 5.68. The molecule has 2 N–H and O–H groups in total. The van der Waals surface area contributed by atoms with Crippen LogP contribution in [0.2, 0.25) is 0 Å². The van der Waals surface area contributed by atoms with Gasteiger partial charge in [-0.15, -0.1) is 0 Å². The lowest BCUT2D eigenvalue weighted by atomic mass is 10.0. The van der Waals surface area contributed by atoms with Gasteiger partial charge in [0, 0.05) is 18.2 Å². The van der Waals surface area contributed by atoms with E-state index < -0.39 is 11.7 Å². The summed E-state index contributed by atoms with van der Waals surface area (Å²) in [6, 6.07) is 13.1. The Hall–Kier alpha value is -2.60. The summed E-state index contributed by atoms with van der Waals surface area (Å²) in [5.41, 5.74) is 1.81. The molecule has 2 aromatic rings. The van der Waals surface area contributed by atoms with Crippen LogP contribution < -0.4 is 15.4 Å². The third-order valence-electron chi connectivity index (χ3n) is 4.36. The van der Waals surface area contributed by atoms with E-state index in [4.69, 9.17) is 9.47 Å². The number of alkyl carbamates (subject to hydrolysis) is 1. The number of ether oxygens (including phenoxy) is 2. The van der Waals surface area contributed by atoms with E-state index in [1.165, 1.54) is 18.9 Å². The molecular formula is C23H29FN2O3. The van der Waals surface area contributed by atoms with Crippen LogP contribution in [0.5, 0.6) is 5.75 Å². The molecule has 2 aromatic carbocycles. The SMILES string of the molecule is CC(C)(C)OC(=O)NCCOc1cc(CNC2CC2)cc(-c2ccccc2F)c1. The van der Waals surface area contributed by atoms with Crippen molar-refractivity contribution in [3.8, 4) is 16.9 Å². The zero-order chi connectivity index (χ0) is 20.9. The summed E-state index contributed by atoms with van der Waals surface area (Å²) in [6.07, 6.45) is 1.93. The molecule has 0 heterocycles. The predicted octanol–water partition coefficient (Wildman–Crippen LogP) is 4.65. The molecule has 156 valence electrons. The summed E-state index contributed by atoms with van der Waals surface area (Å²) in [4.78, 5) is 11.7. The quantitative estimate of drug-likeness (QED) is 0.634. The van der Waals surface area contributed by atoms with Crippen molar-refractivity contribution in [1.29, 1.82) is 0 Å². The third kappa shape index (κ3) is 7.06. The van der Waals surface area contributed by atoms with Crippen LogP contribution in [0.15, 0.2) is 42.5 Å². The average Bonchev–Trinajstić information content (AvgIpc) is 3.47. The molecule has 5 nitrogen and oxygen atoms in total. The minimum atomic E-state index is -0.539. The lowest BCUT2D eigenvalue weighted by molar-refractivity contribution is 0.0520. The van der Waals surface area contributed by atoms with Crippen LogP contribution in [0, 0.1) is 5.82 Å². The number of benzene rings is 2. The molecule has 3 rings (SSSR count). The molecule has 29 heavy (non-hydrogen) atoms. The van der Waals surface area contributed by atoms with Gasteiger partial charge in [-0.1, -0.05) is 18.2 Å². The minimum Gasteiger partial charge on any atom is -0.492 e. The summed E-state index contributed by atoms with van der Waals surface area (Å²) >= 11 is 0. The minimum absolute atomic E-state index is 0.266. The fourth-order valence-electron chi connectivity index (χ4n) is 2.88. The van der Waals surface area contributed by atoms with Crippen molar-refractivity contribution in [3.05, 3.63) is 53.8 Å². The van der Waals surface area contributed by atoms with E-state index in [1.54, 1.807) is 12.1 Å². The van der Waals surface area contributed by atoms with E-state index in [0.717, 1.165) is 11.1 Å². The zero-order valence-electron chi connectivity index (χ0n) is 17.3. The van der Waals surface area contributed by atoms with E-state index >= 15 is 0 Å². The first-order chi connectivity index (χ1) is 13.8. The van der Waals surface area contributed by atoms with Gasteiger partial charge in [0.15, 0.2) is 0 Å². The molecule has 1 saturated carbocycles. The highest BCUT2D eigenvalue weighted by Gasteiger charge is 2.20. The van der Waals surface area contributed by atoms with Crippen molar-refractivity contribution < 1.29 is 18.7 Å². The van der Waals surface area contributed by atoms with Crippen molar-refractivity contribution in [2.24, 2.45) is 0 Å². The van der Waals surface area contributed by atoms with Crippen LogP contribution in [-0.4, -0.2) is 30.9 Å². The molecule has 1 aliphatic rings. The second kappa shape index (κ2) is 9.27. The highest BCUT2D eigenvalue weighted by atomic mass is 19.1. The molecular weight excluding hydrogens is 371 g/mol. The van der Waals surface area contributed by atoms with Gasteiger partial charge in [-0.2, -0.15) is 0 Å². The van der Waals surface area contributed by atoms with Gasteiger partial charge in [0.05, 0.1) is 6.54 Å². The van der Waals surface area contributed by atoms with Gasteiger partial charge in [0.2, 0.25) is 0 Å². The maximum Gasteiger partial charge on any atom is 0.407 e. The molecule has 0 aliphatic heterocycles. The molecule has 0 saturated heterocycles. The van der Waals surface area contributed by atoms with Crippen LogP contribution in [0.1, 0.15) is 39.2 Å². The molecule has 0 spiro atoms. The molecule has 1 fully saturated rings. The molecule has 0 unspecified atom stereocenters. The van der Waals surface area contributed by atoms with Gasteiger partial charge >= 0.3 is 6.09 Å². The van der Waals surface area contributed by atoms with Gasteiger partial charge in [-0.05, 0) is 69.0 Å². The average molecular weight is 400 g/mol. The number of halogens is 1. The van der Waals surface area contributed by atoms with Crippen LogP contribution in [0.4, 0.5) is 9.18 Å². The van der Waals surface area contributed by atoms with Gasteiger partial charge in [0.1, 0.15) is 23.8 Å². The van der Waals surface area contributed by atoms with Crippen molar-refractivity contribution in [3.63, 3.8) is 0 Å². The van der Waals surface area contributed by atoms with Gasteiger partial charge in [0.25, 0.3) is 0 Å². The van der Waals surface area contributed by atoms with Crippen LogP contribution in [-0.2, 0) is 11.3 Å². The normalized spacial score (nSPS) is 13.8. The Bertz CT molecular complexity index is 844.